The van der Waals surface area contributed by atoms with Crippen molar-refractivity contribution < 1.29 is 9.15 Å². The average Bonchev–Trinajstić information content (AvgIpc) is 2.73. The first-order valence-corrected chi connectivity index (χ1v) is 6.59. The minimum absolute atomic E-state index is 0.643. The SMILES string of the molecule is COc1ccc(NCc2ccc(Br)o2)cc1Br. The van der Waals surface area contributed by atoms with Crippen LogP contribution in [-0.4, -0.2) is 7.11 Å². The summed E-state index contributed by atoms with van der Waals surface area (Å²) < 4.78 is 12.2. The molecule has 1 aromatic heterocycles. The highest BCUT2D eigenvalue weighted by atomic mass is 79.9. The maximum Gasteiger partial charge on any atom is 0.169 e. The number of furan rings is 1. The van der Waals surface area contributed by atoms with E-state index < -0.39 is 0 Å². The summed E-state index contributed by atoms with van der Waals surface area (Å²) in [5.41, 5.74) is 1.00. The fourth-order valence-electron chi connectivity index (χ4n) is 1.41. The van der Waals surface area contributed by atoms with Gasteiger partial charge in [0.05, 0.1) is 18.1 Å². The lowest BCUT2D eigenvalue weighted by molar-refractivity contribution is 0.412. The van der Waals surface area contributed by atoms with Gasteiger partial charge in [0.25, 0.3) is 0 Å². The fourth-order valence-corrected chi connectivity index (χ4v) is 2.29. The van der Waals surface area contributed by atoms with Gasteiger partial charge in [-0.05, 0) is 62.2 Å². The zero-order valence-electron chi connectivity index (χ0n) is 9.17. The number of methoxy groups -OCH3 is 1. The molecule has 17 heavy (non-hydrogen) atoms. The Hall–Kier alpha value is -0.940. The molecule has 0 atom stereocenters. The van der Waals surface area contributed by atoms with Gasteiger partial charge in [0, 0.05) is 5.69 Å². The van der Waals surface area contributed by atoms with E-state index in [2.05, 4.69) is 37.2 Å². The van der Waals surface area contributed by atoms with Crippen molar-refractivity contribution in [2.75, 3.05) is 12.4 Å². The van der Waals surface area contributed by atoms with E-state index in [-0.39, 0.29) is 0 Å². The third-order valence-corrected chi connectivity index (χ3v) is 3.29. The highest BCUT2D eigenvalue weighted by Crippen LogP contribution is 2.28. The Morgan fingerprint density at radius 2 is 2.06 bits per heavy atom. The van der Waals surface area contributed by atoms with Crippen molar-refractivity contribution in [3.8, 4) is 5.75 Å². The molecule has 0 aliphatic heterocycles. The quantitative estimate of drug-likeness (QED) is 0.875. The normalized spacial score (nSPS) is 10.3. The predicted octanol–water partition coefficient (Wildman–Crippen LogP) is 4.43. The van der Waals surface area contributed by atoms with Crippen molar-refractivity contribution in [2.45, 2.75) is 6.54 Å². The number of nitrogens with one attached hydrogen (secondary N) is 1. The van der Waals surface area contributed by atoms with Crippen LogP contribution >= 0.6 is 31.9 Å². The van der Waals surface area contributed by atoms with Crippen molar-refractivity contribution in [2.24, 2.45) is 0 Å². The highest BCUT2D eigenvalue weighted by Gasteiger charge is 2.02. The van der Waals surface area contributed by atoms with E-state index in [9.17, 15) is 0 Å². The molecule has 0 unspecified atom stereocenters. The van der Waals surface area contributed by atoms with Gasteiger partial charge in [-0.15, -0.1) is 0 Å². The maximum atomic E-state index is 5.40. The summed E-state index contributed by atoms with van der Waals surface area (Å²) in [6.07, 6.45) is 0. The van der Waals surface area contributed by atoms with Crippen LogP contribution in [0.15, 0.2) is 43.9 Å². The topological polar surface area (TPSA) is 34.4 Å². The molecule has 0 saturated heterocycles. The van der Waals surface area contributed by atoms with Crippen LogP contribution in [0.4, 0.5) is 5.69 Å². The standard InChI is InChI=1S/C12H11Br2NO2/c1-16-11-4-2-8(6-10(11)13)15-7-9-3-5-12(14)17-9/h2-6,15H,7H2,1H3. The number of hydrogen-bond acceptors (Lipinski definition) is 3. The largest absolute Gasteiger partial charge is 0.496 e. The highest BCUT2D eigenvalue weighted by molar-refractivity contribution is 9.10. The van der Waals surface area contributed by atoms with Gasteiger partial charge in [0.2, 0.25) is 0 Å². The molecule has 0 fully saturated rings. The predicted molar refractivity (Wildman–Crippen MR) is 74.4 cm³/mol. The van der Waals surface area contributed by atoms with Crippen molar-refractivity contribution >= 4 is 37.5 Å². The smallest absolute Gasteiger partial charge is 0.169 e. The molecule has 0 spiro atoms. The number of rotatable bonds is 4. The van der Waals surface area contributed by atoms with E-state index in [0.29, 0.717) is 6.54 Å². The van der Waals surface area contributed by atoms with Gasteiger partial charge in [0.15, 0.2) is 4.67 Å². The van der Waals surface area contributed by atoms with E-state index >= 15 is 0 Å². The van der Waals surface area contributed by atoms with Crippen molar-refractivity contribution in [3.05, 3.63) is 45.2 Å². The number of halogens is 2. The van der Waals surface area contributed by atoms with Crippen LogP contribution in [0.1, 0.15) is 5.76 Å². The van der Waals surface area contributed by atoms with Crippen LogP contribution in [0.3, 0.4) is 0 Å². The maximum absolute atomic E-state index is 5.40. The molecular weight excluding hydrogens is 350 g/mol. The first kappa shape index (κ1) is 12.5. The lowest BCUT2D eigenvalue weighted by Gasteiger charge is -2.07. The molecular formula is C12H11Br2NO2. The fraction of sp³-hybridized carbons (Fsp3) is 0.167. The second-order valence-corrected chi connectivity index (χ2v) is 5.04. The molecule has 0 bridgehead atoms. The summed E-state index contributed by atoms with van der Waals surface area (Å²) >= 11 is 6.71. The van der Waals surface area contributed by atoms with Gasteiger partial charge < -0.3 is 14.5 Å². The summed E-state index contributed by atoms with van der Waals surface area (Å²) in [5.74, 6) is 1.69. The summed E-state index contributed by atoms with van der Waals surface area (Å²) in [6.45, 7) is 0.643. The lowest BCUT2D eigenvalue weighted by atomic mass is 10.3. The number of ether oxygens (including phenoxy) is 1. The average molecular weight is 361 g/mol. The molecule has 0 amide bonds. The molecule has 90 valence electrons. The van der Waals surface area contributed by atoms with E-state index in [1.807, 2.05) is 30.3 Å². The third-order valence-electron chi connectivity index (χ3n) is 2.25. The van der Waals surface area contributed by atoms with Crippen LogP contribution < -0.4 is 10.1 Å². The summed E-state index contributed by atoms with van der Waals surface area (Å²) in [4.78, 5) is 0. The summed E-state index contributed by atoms with van der Waals surface area (Å²) in [5, 5.41) is 3.27. The minimum atomic E-state index is 0.643. The monoisotopic (exact) mass is 359 g/mol. The first-order chi connectivity index (χ1) is 8.19. The van der Waals surface area contributed by atoms with Gasteiger partial charge in [-0.3, -0.25) is 0 Å². The lowest BCUT2D eigenvalue weighted by Crippen LogP contribution is -1.98. The number of benzene rings is 1. The van der Waals surface area contributed by atoms with Crippen molar-refractivity contribution in [1.29, 1.82) is 0 Å². The number of hydrogen-bond donors (Lipinski definition) is 1. The molecule has 5 heteroatoms. The van der Waals surface area contributed by atoms with Crippen LogP contribution in [0, 0.1) is 0 Å². The van der Waals surface area contributed by atoms with E-state index in [4.69, 9.17) is 9.15 Å². The molecule has 0 aliphatic carbocycles. The van der Waals surface area contributed by atoms with Crippen molar-refractivity contribution in [1.82, 2.24) is 0 Å². The van der Waals surface area contributed by atoms with Crippen LogP contribution in [0.2, 0.25) is 0 Å². The Morgan fingerprint density at radius 3 is 2.65 bits per heavy atom. The van der Waals surface area contributed by atoms with Crippen molar-refractivity contribution in [3.63, 3.8) is 0 Å². The van der Waals surface area contributed by atoms with E-state index in [0.717, 1.165) is 26.3 Å². The second kappa shape index (κ2) is 5.60. The molecule has 0 radical (unpaired) electrons. The van der Waals surface area contributed by atoms with Gasteiger partial charge in [0.1, 0.15) is 11.5 Å². The molecule has 3 nitrogen and oxygen atoms in total. The molecule has 0 saturated carbocycles. The van der Waals surface area contributed by atoms with Crippen LogP contribution in [0.25, 0.3) is 0 Å². The molecule has 2 aromatic rings. The van der Waals surface area contributed by atoms with Gasteiger partial charge in [-0.25, -0.2) is 0 Å². The first-order valence-electron chi connectivity index (χ1n) is 5.00. The minimum Gasteiger partial charge on any atom is -0.496 e. The summed E-state index contributed by atoms with van der Waals surface area (Å²) in [7, 11) is 1.65. The Kier molecular flexibility index (Phi) is 4.12. The third kappa shape index (κ3) is 3.26. The van der Waals surface area contributed by atoms with Gasteiger partial charge in [-0.2, -0.15) is 0 Å². The van der Waals surface area contributed by atoms with Gasteiger partial charge >= 0.3 is 0 Å². The van der Waals surface area contributed by atoms with Crippen LogP contribution in [-0.2, 0) is 6.54 Å². The van der Waals surface area contributed by atoms with E-state index in [1.165, 1.54) is 0 Å². The Bertz CT molecular complexity index is 511. The Balaban J connectivity index is 2.02. The second-order valence-electron chi connectivity index (χ2n) is 3.41. The van der Waals surface area contributed by atoms with E-state index in [1.54, 1.807) is 7.11 Å². The Labute approximate surface area is 116 Å². The molecule has 2 rings (SSSR count). The molecule has 1 aromatic carbocycles. The zero-order chi connectivity index (χ0) is 12.3. The number of anilines is 1. The van der Waals surface area contributed by atoms with Gasteiger partial charge in [-0.1, -0.05) is 0 Å². The zero-order valence-corrected chi connectivity index (χ0v) is 12.3. The van der Waals surface area contributed by atoms with Crippen LogP contribution in [0.5, 0.6) is 5.75 Å². The summed E-state index contributed by atoms with van der Waals surface area (Å²) in [6, 6.07) is 9.64. The Morgan fingerprint density at radius 1 is 1.24 bits per heavy atom. The molecule has 1 N–H and O–H groups in total. The molecule has 1 heterocycles. The molecule has 0 aliphatic rings.